The smallest absolute Gasteiger partial charge is 0.231 e. The van der Waals surface area contributed by atoms with Crippen molar-refractivity contribution in [2.45, 2.75) is 6.54 Å². The Kier molecular flexibility index (Phi) is 3.29. The molecular weight excluding hydrogens is 313 g/mol. The van der Waals surface area contributed by atoms with E-state index >= 15 is 0 Å². The van der Waals surface area contributed by atoms with Crippen molar-refractivity contribution in [3.63, 3.8) is 0 Å². The number of fused-ring (bicyclic) bond motifs is 1. The van der Waals surface area contributed by atoms with Gasteiger partial charge in [-0.1, -0.05) is 12.1 Å². The fraction of sp³-hybridized carbons (Fsp3) is 0.143. The number of rotatable bonds is 3. The van der Waals surface area contributed by atoms with E-state index in [9.17, 15) is 4.39 Å². The molecule has 98 valence electrons. The third-order valence-electron chi connectivity index (χ3n) is 2.88. The molecule has 0 saturated heterocycles. The van der Waals surface area contributed by atoms with E-state index in [1.165, 1.54) is 6.07 Å². The highest BCUT2D eigenvalue weighted by atomic mass is 79.9. The van der Waals surface area contributed by atoms with Gasteiger partial charge in [0.2, 0.25) is 6.79 Å². The Morgan fingerprint density at radius 3 is 2.95 bits per heavy atom. The summed E-state index contributed by atoms with van der Waals surface area (Å²) in [4.78, 5) is 0. The summed E-state index contributed by atoms with van der Waals surface area (Å²) in [6.45, 7) is 0.798. The molecule has 1 heterocycles. The zero-order chi connectivity index (χ0) is 13.2. The first-order valence-electron chi connectivity index (χ1n) is 5.80. The van der Waals surface area contributed by atoms with Crippen molar-refractivity contribution in [1.82, 2.24) is 0 Å². The predicted molar refractivity (Wildman–Crippen MR) is 74.0 cm³/mol. The second kappa shape index (κ2) is 5.09. The largest absolute Gasteiger partial charge is 0.454 e. The molecule has 5 heteroatoms. The van der Waals surface area contributed by atoms with Crippen LogP contribution in [0.2, 0.25) is 0 Å². The number of anilines is 1. The third-order valence-corrected chi connectivity index (χ3v) is 3.52. The van der Waals surface area contributed by atoms with E-state index in [1.807, 2.05) is 24.3 Å². The maximum Gasteiger partial charge on any atom is 0.231 e. The summed E-state index contributed by atoms with van der Waals surface area (Å²) in [5.74, 6) is 1.22. The average Bonchev–Trinajstić information content (AvgIpc) is 2.89. The summed E-state index contributed by atoms with van der Waals surface area (Å²) in [6.07, 6.45) is 0. The molecule has 0 radical (unpaired) electrons. The number of ether oxygens (including phenoxy) is 2. The normalized spacial score (nSPS) is 12.5. The van der Waals surface area contributed by atoms with Crippen LogP contribution >= 0.6 is 15.9 Å². The molecule has 0 aliphatic carbocycles. The third kappa shape index (κ3) is 2.51. The minimum atomic E-state index is -0.289. The quantitative estimate of drug-likeness (QED) is 0.928. The number of benzene rings is 2. The van der Waals surface area contributed by atoms with Crippen molar-refractivity contribution in [3.8, 4) is 11.5 Å². The second-order valence-corrected chi connectivity index (χ2v) is 4.99. The topological polar surface area (TPSA) is 30.5 Å². The van der Waals surface area contributed by atoms with Crippen molar-refractivity contribution in [2.24, 2.45) is 0 Å². The van der Waals surface area contributed by atoms with Gasteiger partial charge in [0.15, 0.2) is 11.5 Å². The Morgan fingerprint density at radius 1 is 1.21 bits per heavy atom. The molecule has 0 bridgehead atoms. The summed E-state index contributed by atoms with van der Waals surface area (Å²) >= 11 is 3.13. The number of halogens is 2. The van der Waals surface area contributed by atoms with Crippen LogP contribution in [-0.4, -0.2) is 6.79 Å². The first-order chi connectivity index (χ1) is 9.24. The molecule has 2 aromatic carbocycles. The molecule has 0 saturated carbocycles. The summed E-state index contributed by atoms with van der Waals surface area (Å²) < 4.78 is 24.6. The van der Waals surface area contributed by atoms with Gasteiger partial charge in [0.05, 0.1) is 4.47 Å². The maximum absolute atomic E-state index is 13.4. The van der Waals surface area contributed by atoms with E-state index in [0.29, 0.717) is 11.0 Å². The lowest BCUT2D eigenvalue weighted by molar-refractivity contribution is 0.173. The molecule has 1 aliphatic heterocycles. The van der Waals surface area contributed by atoms with Crippen LogP contribution in [0.3, 0.4) is 0 Å². The van der Waals surface area contributed by atoms with E-state index in [-0.39, 0.29) is 12.6 Å². The van der Waals surface area contributed by atoms with Crippen LogP contribution in [0.15, 0.2) is 40.9 Å². The van der Waals surface area contributed by atoms with Crippen LogP contribution in [0.4, 0.5) is 10.1 Å². The van der Waals surface area contributed by atoms with Gasteiger partial charge in [-0.25, -0.2) is 4.39 Å². The molecule has 1 N–H and O–H groups in total. The van der Waals surface area contributed by atoms with Gasteiger partial charge in [0.25, 0.3) is 0 Å². The standard InChI is InChI=1S/C14H11BrFNO2/c15-11-5-4-10(6-12(11)16)17-7-9-2-1-3-13-14(9)19-8-18-13/h1-6,17H,7-8H2. The molecule has 0 fully saturated rings. The second-order valence-electron chi connectivity index (χ2n) is 4.13. The molecule has 1 aliphatic rings. The van der Waals surface area contributed by atoms with Crippen LogP contribution < -0.4 is 14.8 Å². The molecule has 19 heavy (non-hydrogen) atoms. The molecular formula is C14H11BrFNO2. The van der Waals surface area contributed by atoms with E-state index < -0.39 is 0 Å². The molecule has 0 atom stereocenters. The Labute approximate surface area is 118 Å². The number of hydrogen-bond donors (Lipinski definition) is 1. The van der Waals surface area contributed by atoms with Crippen molar-refractivity contribution in [3.05, 3.63) is 52.3 Å². The SMILES string of the molecule is Fc1cc(NCc2cccc3c2OCO3)ccc1Br. The van der Waals surface area contributed by atoms with Crippen LogP contribution in [0.5, 0.6) is 11.5 Å². The Bertz CT molecular complexity index is 618. The number of nitrogens with one attached hydrogen (secondary N) is 1. The molecule has 0 unspecified atom stereocenters. The van der Waals surface area contributed by atoms with Crippen molar-refractivity contribution >= 4 is 21.6 Å². The van der Waals surface area contributed by atoms with E-state index in [0.717, 1.165) is 22.7 Å². The number of hydrogen-bond acceptors (Lipinski definition) is 3. The van der Waals surface area contributed by atoms with Crippen LogP contribution in [0.25, 0.3) is 0 Å². The summed E-state index contributed by atoms with van der Waals surface area (Å²) in [5, 5.41) is 3.16. The predicted octanol–water partition coefficient (Wildman–Crippen LogP) is 3.93. The van der Waals surface area contributed by atoms with Gasteiger partial charge in [-0.05, 0) is 40.2 Å². The number of para-hydroxylation sites is 1. The van der Waals surface area contributed by atoms with Gasteiger partial charge in [0.1, 0.15) is 5.82 Å². The van der Waals surface area contributed by atoms with E-state index in [1.54, 1.807) is 6.07 Å². The van der Waals surface area contributed by atoms with Gasteiger partial charge in [-0.2, -0.15) is 0 Å². The van der Waals surface area contributed by atoms with Crippen LogP contribution in [0, 0.1) is 5.82 Å². The van der Waals surface area contributed by atoms with Gasteiger partial charge in [-0.15, -0.1) is 0 Å². The molecule has 2 aromatic rings. The Hall–Kier alpha value is -1.75. The summed E-state index contributed by atoms with van der Waals surface area (Å²) in [6, 6.07) is 10.7. The lowest BCUT2D eigenvalue weighted by Gasteiger charge is -2.09. The Morgan fingerprint density at radius 2 is 2.11 bits per heavy atom. The van der Waals surface area contributed by atoms with E-state index in [2.05, 4.69) is 21.2 Å². The molecule has 3 nitrogen and oxygen atoms in total. The fourth-order valence-electron chi connectivity index (χ4n) is 1.93. The van der Waals surface area contributed by atoms with Gasteiger partial charge in [-0.3, -0.25) is 0 Å². The first kappa shape index (κ1) is 12.3. The van der Waals surface area contributed by atoms with Crippen LogP contribution in [0.1, 0.15) is 5.56 Å². The highest BCUT2D eigenvalue weighted by Gasteiger charge is 2.16. The van der Waals surface area contributed by atoms with Crippen molar-refractivity contribution in [2.75, 3.05) is 12.1 Å². The van der Waals surface area contributed by atoms with Gasteiger partial charge >= 0.3 is 0 Å². The molecule has 0 amide bonds. The van der Waals surface area contributed by atoms with Crippen LogP contribution in [-0.2, 0) is 6.54 Å². The average molecular weight is 324 g/mol. The van der Waals surface area contributed by atoms with Gasteiger partial charge < -0.3 is 14.8 Å². The molecule has 3 rings (SSSR count). The molecule has 0 spiro atoms. The monoisotopic (exact) mass is 323 g/mol. The summed E-state index contributed by atoms with van der Waals surface area (Å²) in [7, 11) is 0. The van der Waals surface area contributed by atoms with Crippen molar-refractivity contribution < 1.29 is 13.9 Å². The minimum absolute atomic E-state index is 0.249. The highest BCUT2D eigenvalue weighted by Crippen LogP contribution is 2.35. The Balaban J connectivity index is 1.76. The van der Waals surface area contributed by atoms with E-state index in [4.69, 9.17) is 9.47 Å². The zero-order valence-electron chi connectivity index (χ0n) is 9.95. The molecule has 0 aromatic heterocycles. The van der Waals surface area contributed by atoms with Gasteiger partial charge in [0, 0.05) is 17.8 Å². The minimum Gasteiger partial charge on any atom is -0.454 e. The lowest BCUT2D eigenvalue weighted by Crippen LogP contribution is -2.01. The fourth-order valence-corrected chi connectivity index (χ4v) is 2.18. The maximum atomic E-state index is 13.4. The zero-order valence-corrected chi connectivity index (χ0v) is 11.5. The lowest BCUT2D eigenvalue weighted by atomic mass is 10.2. The summed E-state index contributed by atoms with van der Waals surface area (Å²) in [5.41, 5.74) is 1.70. The highest BCUT2D eigenvalue weighted by molar-refractivity contribution is 9.10. The first-order valence-corrected chi connectivity index (χ1v) is 6.60. The van der Waals surface area contributed by atoms with Crippen molar-refractivity contribution in [1.29, 1.82) is 0 Å².